The first-order valence-corrected chi connectivity index (χ1v) is 11.0. The predicted molar refractivity (Wildman–Crippen MR) is 117 cm³/mol. The van der Waals surface area contributed by atoms with E-state index in [0.717, 1.165) is 58.0 Å². The van der Waals surface area contributed by atoms with E-state index in [1.54, 1.807) is 26.1 Å². The Kier molecular flexibility index (Phi) is 12.9. The number of amides is 1. The van der Waals surface area contributed by atoms with Gasteiger partial charge in [0.15, 0.2) is 5.96 Å². The Morgan fingerprint density at radius 3 is 2.57 bits per heavy atom. The summed E-state index contributed by atoms with van der Waals surface area (Å²) in [6.07, 6.45) is 7.06. The van der Waals surface area contributed by atoms with Crippen LogP contribution < -0.4 is 10.6 Å². The molecular weight excluding hydrogens is 354 g/mol. The van der Waals surface area contributed by atoms with Gasteiger partial charge in [-0.15, -0.1) is 0 Å². The molecule has 0 radical (unpaired) electrons. The van der Waals surface area contributed by atoms with Crippen LogP contribution in [-0.2, 0) is 9.53 Å². The highest BCUT2D eigenvalue weighted by Crippen LogP contribution is 2.12. The zero-order valence-corrected chi connectivity index (χ0v) is 18.8. The van der Waals surface area contributed by atoms with Crippen LogP contribution in [0.3, 0.4) is 0 Å². The lowest BCUT2D eigenvalue weighted by Gasteiger charge is -2.33. The summed E-state index contributed by atoms with van der Waals surface area (Å²) in [7, 11) is 5.29. The fourth-order valence-electron chi connectivity index (χ4n) is 3.34. The van der Waals surface area contributed by atoms with Crippen LogP contribution in [0.4, 0.5) is 0 Å². The Labute approximate surface area is 172 Å². The number of likely N-dealkylation sites (N-methyl/N-ethyl adjacent to an activating group) is 1. The van der Waals surface area contributed by atoms with Crippen LogP contribution >= 0.6 is 0 Å². The number of rotatable bonds is 12. The highest BCUT2D eigenvalue weighted by molar-refractivity contribution is 5.84. The second-order valence-electron chi connectivity index (χ2n) is 8.00. The molecule has 0 aliphatic carbocycles. The monoisotopic (exact) mass is 397 g/mol. The molecule has 7 heteroatoms. The minimum absolute atomic E-state index is 0.0218. The number of likely N-dealkylation sites (tertiary alicyclic amines) is 1. The first kappa shape index (κ1) is 24.7. The molecule has 1 saturated heterocycles. The molecule has 1 unspecified atom stereocenters. The van der Waals surface area contributed by atoms with E-state index < -0.39 is 0 Å². The fraction of sp³-hybridized carbons (Fsp3) is 0.905. The van der Waals surface area contributed by atoms with Gasteiger partial charge in [-0.2, -0.15) is 0 Å². The molecular formula is C21H43N5O2. The van der Waals surface area contributed by atoms with Crippen molar-refractivity contribution in [3.05, 3.63) is 0 Å². The third kappa shape index (κ3) is 10.3. The topological polar surface area (TPSA) is 69.2 Å². The van der Waals surface area contributed by atoms with Gasteiger partial charge in [0.1, 0.15) is 6.54 Å². The molecule has 7 nitrogen and oxygen atoms in total. The molecule has 2 N–H and O–H groups in total. The van der Waals surface area contributed by atoms with E-state index >= 15 is 0 Å². The Morgan fingerprint density at radius 1 is 1.29 bits per heavy atom. The molecule has 1 heterocycles. The highest BCUT2D eigenvalue weighted by atomic mass is 16.5. The summed E-state index contributed by atoms with van der Waals surface area (Å²) in [5.74, 6) is 1.45. The summed E-state index contributed by atoms with van der Waals surface area (Å²) in [5, 5.41) is 7.07. The zero-order valence-electron chi connectivity index (χ0n) is 18.8. The summed E-state index contributed by atoms with van der Waals surface area (Å²) < 4.78 is 5.18. The van der Waals surface area contributed by atoms with E-state index in [-0.39, 0.29) is 12.5 Å². The lowest BCUT2D eigenvalue weighted by Crippen LogP contribution is -2.50. The maximum absolute atomic E-state index is 12.0. The van der Waals surface area contributed by atoms with Crippen LogP contribution in [-0.4, -0.2) is 88.2 Å². The lowest BCUT2D eigenvalue weighted by molar-refractivity contribution is -0.127. The van der Waals surface area contributed by atoms with Crippen molar-refractivity contribution < 1.29 is 9.53 Å². The normalized spacial score (nSPS) is 17.4. The number of carbonyl (C=O) groups is 1. The Hall–Kier alpha value is -1.34. The van der Waals surface area contributed by atoms with E-state index in [0.29, 0.717) is 12.0 Å². The van der Waals surface area contributed by atoms with Crippen LogP contribution in [0.15, 0.2) is 4.99 Å². The number of hydrogen-bond donors (Lipinski definition) is 2. The molecule has 0 bridgehead atoms. The number of methoxy groups -OCH3 is 1. The molecule has 1 aliphatic heterocycles. The number of aliphatic imine (C=N–C) groups is 1. The summed E-state index contributed by atoms with van der Waals surface area (Å²) in [5.41, 5.74) is 0. The van der Waals surface area contributed by atoms with Gasteiger partial charge in [-0.1, -0.05) is 33.1 Å². The third-order valence-electron chi connectivity index (χ3n) is 5.51. The molecule has 0 aromatic heterocycles. The average molecular weight is 398 g/mol. The number of hydrogen-bond acceptors (Lipinski definition) is 4. The van der Waals surface area contributed by atoms with Gasteiger partial charge >= 0.3 is 0 Å². The Balaban J connectivity index is 2.58. The maximum Gasteiger partial charge on any atom is 0.243 e. The summed E-state index contributed by atoms with van der Waals surface area (Å²) in [4.78, 5) is 20.6. The van der Waals surface area contributed by atoms with E-state index in [9.17, 15) is 4.79 Å². The minimum Gasteiger partial charge on any atom is -0.383 e. The maximum atomic E-state index is 12.0. The number of guanidine groups is 1. The van der Waals surface area contributed by atoms with Gasteiger partial charge in [-0.05, 0) is 25.2 Å². The minimum atomic E-state index is 0.0218. The Morgan fingerprint density at radius 2 is 2.00 bits per heavy atom. The smallest absolute Gasteiger partial charge is 0.243 e. The second-order valence-corrected chi connectivity index (χ2v) is 8.00. The standard InChI is InChI=1S/C21H43N5O2/c1-6-8-9-18(7-2)16-22-21(23-17-20(27)25(3)4)24-19-10-12-26(13-11-19)14-15-28-5/h18-19H,6-17H2,1-5H3,(H2,22,23,24). The predicted octanol–water partition coefficient (Wildman–Crippen LogP) is 1.94. The zero-order chi connectivity index (χ0) is 20.8. The van der Waals surface area contributed by atoms with Crippen LogP contribution in [0.5, 0.6) is 0 Å². The number of nitrogens with one attached hydrogen (secondary N) is 2. The summed E-state index contributed by atoms with van der Waals surface area (Å²) >= 11 is 0. The molecule has 0 saturated carbocycles. The molecule has 1 atom stereocenters. The highest BCUT2D eigenvalue weighted by Gasteiger charge is 2.20. The van der Waals surface area contributed by atoms with Gasteiger partial charge in [-0.25, -0.2) is 4.99 Å². The Bertz CT molecular complexity index is 448. The van der Waals surface area contributed by atoms with Crippen molar-refractivity contribution in [3.63, 3.8) is 0 Å². The van der Waals surface area contributed by atoms with Crippen LogP contribution in [0, 0.1) is 5.92 Å². The number of piperidine rings is 1. The number of nitrogens with zero attached hydrogens (tertiary/aromatic N) is 3. The third-order valence-corrected chi connectivity index (χ3v) is 5.51. The molecule has 0 aromatic rings. The van der Waals surface area contributed by atoms with Crippen LogP contribution in [0.1, 0.15) is 52.4 Å². The van der Waals surface area contributed by atoms with E-state index in [4.69, 9.17) is 4.74 Å². The molecule has 164 valence electrons. The van der Waals surface area contributed by atoms with Gasteiger partial charge in [0, 0.05) is 53.4 Å². The molecule has 1 amide bonds. The second kappa shape index (κ2) is 14.6. The number of ether oxygens (including phenoxy) is 1. The van der Waals surface area contributed by atoms with Gasteiger partial charge < -0.3 is 25.2 Å². The first-order chi connectivity index (χ1) is 13.5. The molecule has 0 spiro atoms. The van der Waals surface area contributed by atoms with Crippen LogP contribution in [0.25, 0.3) is 0 Å². The summed E-state index contributed by atoms with van der Waals surface area (Å²) in [6.45, 7) is 9.49. The van der Waals surface area contributed by atoms with Crippen molar-refractivity contribution in [1.29, 1.82) is 0 Å². The van der Waals surface area contributed by atoms with E-state index in [1.807, 2.05) is 0 Å². The van der Waals surface area contributed by atoms with Crippen molar-refractivity contribution in [2.45, 2.75) is 58.4 Å². The SMILES string of the molecule is CCCCC(CC)CNC(=NCC(=O)N(C)C)NC1CCN(CCOC)CC1. The van der Waals surface area contributed by atoms with Crippen molar-refractivity contribution in [2.75, 3.05) is 60.5 Å². The van der Waals surface area contributed by atoms with Crippen molar-refractivity contribution in [3.8, 4) is 0 Å². The number of carbonyl (C=O) groups excluding carboxylic acids is 1. The van der Waals surface area contributed by atoms with Gasteiger partial charge in [-0.3, -0.25) is 4.79 Å². The van der Waals surface area contributed by atoms with Gasteiger partial charge in [0.25, 0.3) is 0 Å². The summed E-state index contributed by atoms with van der Waals surface area (Å²) in [6, 6.07) is 0.398. The molecule has 1 aliphatic rings. The lowest BCUT2D eigenvalue weighted by atomic mass is 9.99. The van der Waals surface area contributed by atoms with Crippen LogP contribution in [0.2, 0.25) is 0 Å². The van der Waals surface area contributed by atoms with Gasteiger partial charge in [0.2, 0.25) is 5.91 Å². The van der Waals surface area contributed by atoms with E-state index in [1.165, 1.54) is 19.3 Å². The van der Waals surface area contributed by atoms with Gasteiger partial charge in [0.05, 0.1) is 6.61 Å². The fourth-order valence-corrected chi connectivity index (χ4v) is 3.34. The van der Waals surface area contributed by atoms with Crippen molar-refractivity contribution in [1.82, 2.24) is 20.4 Å². The van der Waals surface area contributed by atoms with E-state index in [2.05, 4.69) is 34.4 Å². The number of unbranched alkanes of at least 4 members (excludes halogenated alkanes) is 1. The van der Waals surface area contributed by atoms with Crippen molar-refractivity contribution >= 4 is 11.9 Å². The largest absolute Gasteiger partial charge is 0.383 e. The molecule has 28 heavy (non-hydrogen) atoms. The first-order valence-electron chi connectivity index (χ1n) is 11.0. The average Bonchev–Trinajstić information content (AvgIpc) is 2.70. The molecule has 1 rings (SSSR count). The molecule has 1 fully saturated rings. The van der Waals surface area contributed by atoms with Crippen molar-refractivity contribution in [2.24, 2.45) is 10.9 Å². The quantitative estimate of drug-likeness (QED) is 0.389. The molecule has 0 aromatic carbocycles.